The van der Waals surface area contributed by atoms with Crippen molar-refractivity contribution in [1.82, 2.24) is 0 Å². The molecule has 143 valence electrons. The van der Waals surface area contributed by atoms with Gasteiger partial charge in [-0.2, -0.15) is 0 Å². The SMILES string of the molecule is O[B]Oc1ccc2c(c1)-c1ccc(Cl)cc1C21c2ccccc2Oc2ccccc21. The van der Waals surface area contributed by atoms with E-state index >= 15 is 0 Å². The first-order chi connectivity index (χ1) is 14.7. The molecular weight excluding hydrogens is 395 g/mol. The molecule has 1 N–H and O–H groups in total. The third-order valence-electron chi connectivity index (χ3n) is 6.06. The van der Waals surface area contributed by atoms with Crippen LogP contribution in [0.2, 0.25) is 5.02 Å². The summed E-state index contributed by atoms with van der Waals surface area (Å²) in [5.41, 5.74) is 5.98. The summed E-state index contributed by atoms with van der Waals surface area (Å²) in [5.74, 6) is 2.24. The summed E-state index contributed by atoms with van der Waals surface area (Å²) in [6.45, 7) is 0. The second-order valence-corrected chi connectivity index (χ2v) is 7.90. The second kappa shape index (κ2) is 6.40. The number of halogens is 1. The van der Waals surface area contributed by atoms with E-state index in [0.717, 1.165) is 44.9 Å². The van der Waals surface area contributed by atoms with E-state index in [2.05, 4.69) is 30.3 Å². The molecule has 3 nitrogen and oxygen atoms in total. The molecule has 0 saturated carbocycles. The molecule has 0 amide bonds. The molecule has 0 atom stereocenters. The van der Waals surface area contributed by atoms with Crippen LogP contribution in [0.15, 0.2) is 84.9 Å². The highest BCUT2D eigenvalue weighted by atomic mass is 35.5. The first kappa shape index (κ1) is 17.6. The lowest BCUT2D eigenvalue weighted by molar-refractivity contribution is 0.436. The van der Waals surface area contributed by atoms with Gasteiger partial charge in [0.2, 0.25) is 0 Å². The Bertz CT molecular complexity index is 1270. The molecule has 30 heavy (non-hydrogen) atoms. The Morgan fingerprint density at radius 3 is 2.13 bits per heavy atom. The summed E-state index contributed by atoms with van der Waals surface area (Å²) < 4.78 is 11.6. The zero-order valence-electron chi connectivity index (χ0n) is 15.8. The molecule has 0 aromatic heterocycles. The van der Waals surface area contributed by atoms with Gasteiger partial charge in [0.05, 0.1) is 5.41 Å². The Morgan fingerprint density at radius 2 is 1.43 bits per heavy atom. The number of ether oxygens (including phenoxy) is 1. The topological polar surface area (TPSA) is 38.7 Å². The minimum atomic E-state index is -0.553. The summed E-state index contributed by atoms with van der Waals surface area (Å²) in [6.07, 6.45) is 0. The highest BCUT2D eigenvalue weighted by molar-refractivity contribution is 6.30. The van der Waals surface area contributed by atoms with Gasteiger partial charge in [0, 0.05) is 16.1 Å². The molecule has 0 bridgehead atoms. The van der Waals surface area contributed by atoms with Crippen LogP contribution in [-0.2, 0) is 5.41 Å². The van der Waals surface area contributed by atoms with Crippen LogP contribution in [-0.4, -0.2) is 12.7 Å². The predicted molar refractivity (Wildman–Crippen MR) is 117 cm³/mol. The zero-order valence-corrected chi connectivity index (χ0v) is 16.6. The molecular formula is C25H15BClO3. The number of rotatable bonds is 2. The van der Waals surface area contributed by atoms with E-state index < -0.39 is 5.41 Å². The molecule has 4 aromatic carbocycles. The van der Waals surface area contributed by atoms with Gasteiger partial charge in [0.1, 0.15) is 17.2 Å². The number of hydrogen-bond acceptors (Lipinski definition) is 3. The molecule has 0 saturated heterocycles. The Hall–Kier alpha value is -3.21. The van der Waals surface area contributed by atoms with Crippen LogP contribution in [0, 0.1) is 0 Å². The zero-order chi connectivity index (χ0) is 20.3. The molecule has 6 rings (SSSR count). The molecule has 2 aliphatic rings. The second-order valence-electron chi connectivity index (χ2n) is 7.46. The van der Waals surface area contributed by atoms with Crippen molar-refractivity contribution in [3.63, 3.8) is 0 Å². The van der Waals surface area contributed by atoms with Crippen molar-refractivity contribution in [2.45, 2.75) is 5.41 Å². The number of fused-ring (bicyclic) bond motifs is 9. The Kier molecular flexibility index (Phi) is 3.76. The number of hydrogen-bond donors (Lipinski definition) is 1. The normalized spacial score (nSPS) is 14.2. The molecule has 1 aliphatic heterocycles. The average molecular weight is 410 g/mol. The maximum atomic E-state index is 9.12. The van der Waals surface area contributed by atoms with Crippen molar-refractivity contribution >= 4 is 19.3 Å². The summed E-state index contributed by atoms with van der Waals surface area (Å²) >= 11 is 6.51. The van der Waals surface area contributed by atoms with Crippen LogP contribution in [0.3, 0.4) is 0 Å². The van der Waals surface area contributed by atoms with Gasteiger partial charge in [0.15, 0.2) is 0 Å². The highest BCUT2D eigenvalue weighted by Gasteiger charge is 2.51. The summed E-state index contributed by atoms with van der Waals surface area (Å²) in [5, 5.41) is 9.80. The van der Waals surface area contributed by atoms with E-state index in [1.165, 1.54) is 0 Å². The van der Waals surface area contributed by atoms with Gasteiger partial charge in [-0.05, 0) is 58.7 Å². The molecule has 0 unspecified atom stereocenters. The van der Waals surface area contributed by atoms with Gasteiger partial charge in [-0.3, -0.25) is 0 Å². The van der Waals surface area contributed by atoms with E-state index in [1.807, 2.05) is 54.6 Å². The molecule has 4 aromatic rings. The molecule has 1 heterocycles. The van der Waals surface area contributed by atoms with E-state index in [-0.39, 0.29) is 0 Å². The van der Waals surface area contributed by atoms with Crippen LogP contribution in [0.4, 0.5) is 0 Å². The Balaban J connectivity index is 1.79. The van der Waals surface area contributed by atoms with Gasteiger partial charge in [-0.15, -0.1) is 0 Å². The van der Waals surface area contributed by atoms with E-state index in [9.17, 15) is 0 Å². The Labute approximate surface area is 179 Å². The lowest BCUT2D eigenvalue weighted by Gasteiger charge is -2.39. The highest BCUT2D eigenvalue weighted by Crippen LogP contribution is 2.62. The van der Waals surface area contributed by atoms with E-state index in [1.54, 1.807) is 0 Å². The first-order valence-corrected chi connectivity index (χ1v) is 10.1. The van der Waals surface area contributed by atoms with Crippen LogP contribution in [0.25, 0.3) is 11.1 Å². The third kappa shape index (κ3) is 2.20. The van der Waals surface area contributed by atoms with Crippen LogP contribution < -0.4 is 9.39 Å². The van der Waals surface area contributed by atoms with E-state index in [4.69, 9.17) is 26.0 Å². The minimum absolute atomic E-state index is 0.553. The molecule has 5 heteroatoms. The summed E-state index contributed by atoms with van der Waals surface area (Å²) in [4.78, 5) is 0. The fourth-order valence-corrected chi connectivity index (χ4v) is 5.16. The fourth-order valence-electron chi connectivity index (χ4n) is 4.99. The maximum absolute atomic E-state index is 9.12. The quantitative estimate of drug-likeness (QED) is 0.372. The lowest BCUT2D eigenvalue weighted by Crippen LogP contribution is -2.32. The number of benzene rings is 4. The smallest absolute Gasteiger partial charge is 0.537 e. The summed E-state index contributed by atoms with van der Waals surface area (Å²) in [6, 6.07) is 28.2. The monoisotopic (exact) mass is 409 g/mol. The van der Waals surface area contributed by atoms with Crippen LogP contribution in [0.1, 0.15) is 22.3 Å². The van der Waals surface area contributed by atoms with Gasteiger partial charge in [0.25, 0.3) is 0 Å². The van der Waals surface area contributed by atoms with E-state index in [0.29, 0.717) is 18.5 Å². The Morgan fingerprint density at radius 1 is 0.733 bits per heavy atom. The largest absolute Gasteiger partial charge is 0.569 e. The predicted octanol–water partition coefficient (Wildman–Crippen LogP) is 5.71. The first-order valence-electron chi connectivity index (χ1n) is 9.68. The third-order valence-corrected chi connectivity index (χ3v) is 6.30. The molecule has 1 aliphatic carbocycles. The minimum Gasteiger partial charge on any atom is -0.537 e. The average Bonchev–Trinajstić information content (AvgIpc) is 3.04. The molecule has 1 spiro atoms. The van der Waals surface area contributed by atoms with Crippen molar-refractivity contribution in [3.8, 4) is 28.4 Å². The lowest BCUT2D eigenvalue weighted by atomic mass is 9.66. The van der Waals surface area contributed by atoms with Gasteiger partial charge >= 0.3 is 7.69 Å². The van der Waals surface area contributed by atoms with Crippen molar-refractivity contribution in [3.05, 3.63) is 112 Å². The van der Waals surface area contributed by atoms with Gasteiger partial charge in [-0.1, -0.05) is 60.1 Å². The van der Waals surface area contributed by atoms with Crippen LogP contribution in [0.5, 0.6) is 17.2 Å². The molecule has 0 fully saturated rings. The van der Waals surface area contributed by atoms with Gasteiger partial charge < -0.3 is 14.4 Å². The van der Waals surface area contributed by atoms with Crippen molar-refractivity contribution in [1.29, 1.82) is 0 Å². The van der Waals surface area contributed by atoms with Crippen molar-refractivity contribution in [2.24, 2.45) is 0 Å². The number of para-hydroxylation sites is 2. The summed E-state index contributed by atoms with van der Waals surface area (Å²) in [7, 11) is 0.703. The van der Waals surface area contributed by atoms with Crippen LogP contribution >= 0.6 is 11.6 Å². The van der Waals surface area contributed by atoms with Crippen molar-refractivity contribution < 1.29 is 14.4 Å². The fraction of sp³-hybridized carbons (Fsp3) is 0.0400. The van der Waals surface area contributed by atoms with Gasteiger partial charge in [-0.25, -0.2) is 0 Å². The van der Waals surface area contributed by atoms with Crippen molar-refractivity contribution in [2.75, 3.05) is 0 Å². The maximum Gasteiger partial charge on any atom is 0.569 e. The molecule has 1 radical (unpaired) electrons. The standard InChI is InChI=1S/C25H15BClO3/c27-15-9-11-17-18-14-16(30-26-28)10-12-19(18)25(22(17)13-15)20-5-1-3-7-23(20)29-24-8-4-2-6-21(24)25/h1-14,28H.